The van der Waals surface area contributed by atoms with Gasteiger partial charge in [-0.05, 0) is 66.7 Å². The minimum Gasteiger partial charge on any atom is -0.508 e. The minimum atomic E-state index is -3.11. The van der Waals surface area contributed by atoms with Crippen molar-refractivity contribution in [3.63, 3.8) is 0 Å². The second-order valence-corrected chi connectivity index (χ2v) is 12.9. The molecular weight excluding hydrogens is 748 g/mol. The molecule has 6 rings (SSSR count). The van der Waals surface area contributed by atoms with Gasteiger partial charge in [-0.2, -0.15) is 0 Å². The third-order valence-electron chi connectivity index (χ3n) is 9.04. The normalized spacial score (nSPS) is 25.5. The number of aromatic hydroxyl groups is 1. The Bertz CT molecular complexity index is 2110. The summed E-state index contributed by atoms with van der Waals surface area (Å²) < 4.78 is 33.2. The van der Waals surface area contributed by atoms with Gasteiger partial charge in [0.05, 0.1) is 16.7 Å². The predicted octanol–water partition coefficient (Wildman–Crippen LogP) is 1.80. The minimum absolute atomic E-state index is 0.0129. The van der Waals surface area contributed by atoms with E-state index in [9.17, 15) is 49.5 Å². The first-order valence-electron chi connectivity index (χ1n) is 17.4. The van der Waals surface area contributed by atoms with Crippen LogP contribution in [-0.2, 0) is 39.9 Å². The standard InChI is InChI=1S/C41H36O16/c42-27-16-18-29(26(20-27)21-53-40(50)41(51)31(44)19-17-28(43)35(41)57-38(49)25-14-8-3-9-15-25)54-39-33(46)32(45)34(56-37(48)24-12-6-2-7-13-24)30(55-39)22-52-36(47)23-10-4-1-5-11-23/h1-20,30-35,39,42,44-46,51H,21-22H2/t30-,31-,32-,33-,34-,35+,39-,41-/m0/s1. The van der Waals surface area contributed by atoms with E-state index in [1.165, 1.54) is 54.6 Å². The zero-order valence-corrected chi connectivity index (χ0v) is 29.7. The number of benzene rings is 4. The van der Waals surface area contributed by atoms with Gasteiger partial charge < -0.3 is 54.0 Å². The molecule has 1 aliphatic heterocycles. The molecule has 4 aromatic rings. The molecule has 0 radical (unpaired) electrons. The van der Waals surface area contributed by atoms with Crippen molar-refractivity contribution in [3.05, 3.63) is 144 Å². The first-order valence-corrected chi connectivity index (χ1v) is 17.4. The van der Waals surface area contributed by atoms with Crippen LogP contribution >= 0.6 is 0 Å². The molecule has 0 bridgehead atoms. The zero-order chi connectivity index (χ0) is 40.7. The molecule has 8 atom stereocenters. The predicted molar refractivity (Wildman–Crippen MR) is 192 cm³/mol. The summed E-state index contributed by atoms with van der Waals surface area (Å²) in [6, 6.07) is 26.5. The number of ketones is 1. The van der Waals surface area contributed by atoms with E-state index in [4.69, 9.17) is 28.4 Å². The highest BCUT2D eigenvalue weighted by molar-refractivity contribution is 6.03. The molecule has 2 aliphatic rings. The second kappa shape index (κ2) is 17.6. The van der Waals surface area contributed by atoms with Crippen molar-refractivity contribution in [2.24, 2.45) is 0 Å². The molecule has 16 nitrogen and oxygen atoms in total. The van der Waals surface area contributed by atoms with Crippen molar-refractivity contribution in [3.8, 4) is 11.5 Å². The molecule has 16 heteroatoms. The molecule has 57 heavy (non-hydrogen) atoms. The van der Waals surface area contributed by atoms with Crippen molar-refractivity contribution in [1.29, 1.82) is 0 Å². The molecule has 0 aromatic heterocycles. The maximum atomic E-state index is 13.5. The number of esters is 4. The highest BCUT2D eigenvalue weighted by Crippen LogP contribution is 2.33. The largest absolute Gasteiger partial charge is 0.508 e. The molecule has 0 unspecified atom stereocenters. The van der Waals surface area contributed by atoms with Gasteiger partial charge in [-0.15, -0.1) is 0 Å². The van der Waals surface area contributed by atoms with E-state index in [1.807, 2.05) is 0 Å². The number of aliphatic hydroxyl groups is 4. The number of aliphatic hydroxyl groups excluding tert-OH is 3. The Hall–Kier alpha value is -6.43. The van der Waals surface area contributed by atoms with Crippen molar-refractivity contribution >= 4 is 29.7 Å². The van der Waals surface area contributed by atoms with Crippen LogP contribution in [0.3, 0.4) is 0 Å². The van der Waals surface area contributed by atoms with Gasteiger partial charge in [0.25, 0.3) is 0 Å². The van der Waals surface area contributed by atoms with E-state index in [0.29, 0.717) is 0 Å². The topological polar surface area (TPSA) is 242 Å². The highest BCUT2D eigenvalue weighted by Gasteiger charge is 2.58. The number of carbonyl (C=O) groups excluding carboxylic acids is 5. The van der Waals surface area contributed by atoms with Gasteiger partial charge in [-0.25, -0.2) is 19.2 Å². The van der Waals surface area contributed by atoms with Crippen LogP contribution in [0, 0.1) is 0 Å². The van der Waals surface area contributed by atoms with Crippen LogP contribution in [0.1, 0.15) is 36.6 Å². The van der Waals surface area contributed by atoms with Gasteiger partial charge >= 0.3 is 23.9 Å². The van der Waals surface area contributed by atoms with Crippen LogP contribution in [0.4, 0.5) is 0 Å². The third-order valence-corrected chi connectivity index (χ3v) is 9.04. The van der Waals surface area contributed by atoms with Crippen LogP contribution in [0.25, 0.3) is 0 Å². The summed E-state index contributed by atoms with van der Waals surface area (Å²) in [5.41, 5.74) is -2.94. The number of carbonyl (C=O) groups is 5. The Labute approximate surface area is 324 Å². The third kappa shape index (κ3) is 9.01. The van der Waals surface area contributed by atoms with Gasteiger partial charge in [0.15, 0.2) is 11.9 Å². The maximum Gasteiger partial charge on any atom is 0.346 e. The summed E-state index contributed by atoms with van der Waals surface area (Å²) in [6.45, 7) is -1.40. The summed E-state index contributed by atoms with van der Waals surface area (Å²) >= 11 is 0. The van der Waals surface area contributed by atoms with Crippen LogP contribution in [0.5, 0.6) is 11.5 Å². The summed E-state index contributed by atoms with van der Waals surface area (Å²) in [7, 11) is 0. The Morgan fingerprint density at radius 3 is 1.86 bits per heavy atom. The molecule has 0 saturated carbocycles. The quantitative estimate of drug-likeness (QED) is 0.102. The maximum absolute atomic E-state index is 13.5. The first-order chi connectivity index (χ1) is 27.4. The Kier molecular flexibility index (Phi) is 12.4. The number of hydrogen-bond acceptors (Lipinski definition) is 16. The van der Waals surface area contributed by atoms with Gasteiger partial charge in [0, 0.05) is 5.56 Å². The van der Waals surface area contributed by atoms with Crippen molar-refractivity contribution in [2.45, 2.75) is 55.1 Å². The van der Waals surface area contributed by atoms with E-state index in [0.717, 1.165) is 24.3 Å². The summed E-state index contributed by atoms with van der Waals surface area (Å²) in [6.07, 6.45) is -11.2. The van der Waals surface area contributed by atoms with Gasteiger partial charge in [-0.3, -0.25) is 4.79 Å². The lowest BCUT2D eigenvalue weighted by atomic mass is 9.83. The average Bonchev–Trinajstić information content (AvgIpc) is 3.23. The number of ether oxygens (including phenoxy) is 6. The molecule has 1 saturated heterocycles. The smallest absolute Gasteiger partial charge is 0.346 e. The van der Waals surface area contributed by atoms with E-state index in [2.05, 4.69) is 0 Å². The Morgan fingerprint density at radius 2 is 1.26 bits per heavy atom. The van der Waals surface area contributed by atoms with Gasteiger partial charge in [0.2, 0.25) is 18.0 Å². The first kappa shape index (κ1) is 40.2. The number of hydrogen-bond donors (Lipinski definition) is 5. The number of phenols is 1. The molecule has 1 aliphatic carbocycles. The van der Waals surface area contributed by atoms with E-state index >= 15 is 0 Å². The van der Waals surface area contributed by atoms with Crippen LogP contribution in [0.2, 0.25) is 0 Å². The SMILES string of the molecule is O=C(OC[C@@H]1O[C@H](Oc2ccc(O)cc2COC(=O)[C@@]2(O)[C@H](OC(=O)c3ccccc3)C(=O)C=C[C@@H]2O)[C@@H](O)[C@H](O)[C@H]1OC(=O)c1ccccc1)c1ccccc1. The van der Waals surface area contributed by atoms with Crippen LogP contribution in [0.15, 0.2) is 121 Å². The molecule has 0 spiro atoms. The lowest BCUT2D eigenvalue weighted by Gasteiger charge is -2.41. The number of phenolic OH excluding ortho intramolecular Hbond substituents is 1. The highest BCUT2D eigenvalue weighted by atomic mass is 16.7. The molecule has 0 amide bonds. The number of rotatable bonds is 12. The Balaban J connectivity index is 1.20. The van der Waals surface area contributed by atoms with Crippen molar-refractivity contribution in [1.82, 2.24) is 0 Å². The monoisotopic (exact) mass is 784 g/mol. The van der Waals surface area contributed by atoms with Crippen LogP contribution < -0.4 is 4.74 Å². The van der Waals surface area contributed by atoms with Crippen molar-refractivity contribution < 1.29 is 77.9 Å². The van der Waals surface area contributed by atoms with E-state index in [1.54, 1.807) is 42.5 Å². The molecule has 5 N–H and O–H groups in total. The average molecular weight is 785 g/mol. The fourth-order valence-corrected chi connectivity index (χ4v) is 5.96. The van der Waals surface area contributed by atoms with E-state index in [-0.39, 0.29) is 33.8 Å². The summed E-state index contributed by atoms with van der Waals surface area (Å²) in [4.78, 5) is 64.9. The Morgan fingerprint density at radius 1 is 0.702 bits per heavy atom. The van der Waals surface area contributed by atoms with Crippen molar-refractivity contribution in [2.75, 3.05) is 6.61 Å². The zero-order valence-electron chi connectivity index (χ0n) is 29.7. The lowest BCUT2D eigenvalue weighted by Crippen LogP contribution is -2.63. The van der Waals surface area contributed by atoms with Crippen LogP contribution in [-0.4, -0.2) is 110 Å². The summed E-state index contributed by atoms with van der Waals surface area (Å²) in [5.74, 6) is -5.92. The fraction of sp³-hybridized carbons (Fsp3) is 0.244. The van der Waals surface area contributed by atoms with Gasteiger partial charge in [-0.1, -0.05) is 54.6 Å². The lowest BCUT2D eigenvalue weighted by molar-refractivity contribution is -0.276. The van der Waals surface area contributed by atoms with Gasteiger partial charge in [0.1, 0.15) is 49.1 Å². The van der Waals surface area contributed by atoms with E-state index < -0.39 is 91.4 Å². The second-order valence-electron chi connectivity index (χ2n) is 12.9. The molecule has 4 aromatic carbocycles. The molecule has 1 fully saturated rings. The summed E-state index contributed by atoms with van der Waals surface area (Å²) in [5, 5.41) is 54.8. The molecule has 1 heterocycles. The molecule has 296 valence electrons. The molecular formula is C41H36O16. The fourth-order valence-electron chi connectivity index (χ4n) is 5.96.